The molecular formula is C20H34N2O. The van der Waals surface area contributed by atoms with Gasteiger partial charge in [-0.15, -0.1) is 0 Å². The summed E-state index contributed by atoms with van der Waals surface area (Å²) < 4.78 is 0. The second-order valence-corrected chi connectivity index (χ2v) is 9.76. The molecule has 0 aromatic rings. The molecule has 3 aliphatic carbocycles. The fraction of sp³-hybridized carbons (Fsp3) is 0.950. The summed E-state index contributed by atoms with van der Waals surface area (Å²) in [5.74, 6) is 3.51. The number of hydrogen-bond acceptors (Lipinski definition) is 2. The number of carbonyl (C=O) groups is 1. The first-order valence-corrected chi connectivity index (χ1v) is 9.80. The van der Waals surface area contributed by atoms with Crippen molar-refractivity contribution in [2.24, 2.45) is 40.2 Å². The summed E-state index contributed by atoms with van der Waals surface area (Å²) in [6.07, 6.45) is 8.22. The minimum atomic E-state index is 0.327. The highest BCUT2D eigenvalue weighted by Gasteiger charge is 2.62. The molecule has 1 amide bonds. The molecule has 2 N–H and O–H groups in total. The number of hydrogen-bond donors (Lipinski definition) is 1. The van der Waals surface area contributed by atoms with Gasteiger partial charge in [0.25, 0.3) is 0 Å². The minimum absolute atomic E-state index is 0.327. The smallest absolute Gasteiger partial charge is 0.222 e. The highest BCUT2D eigenvalue weighted by Crippen LogP contribution is 2.65. The average Bonchev–Trinajstić information content (AvgIpc) is 2.82. The van der Waals surface area contributed by atoms with E-state index in [0.717, 1.165) is 36.5 Å². The molecule has 3 saturated carbocycles. The van der Waals surface area contributed by atoms with E-state index in [1.54, 1.807) is 0 Å². The SMILES string of the molecule is CC1CC2N(C)C(=O)CCC2(C)C2CCC3(C)C(N)CCC3C12. The normalized spacial score (nSPS) is 56.0. The monoisotopic (exact) mass is 318 g/mol. The Labute approximate surface area is 141 Å². The molecule has 4 aliphatic rings. The van der Waals surface area contributed by atoms with Gasteiger partial charge in [-0.1, -0.05) is 20.8 Å². The maximum Gasteiger partial charge on any atom is 0.222 e. The highest BCUT2D eigenvalue weighted by atomic mass is 16.2. The van der Waals surface area contributed by atoms with Crippen molar-refractivity contribution >= 4 is 5.91 Å². The van der Waals surface area contributed by atoms with Crippen LogP contribution in [0.15, 0.2) is 0 Å². The largest absolute Gasteiger partial charge is 0.342 e. The van der Waals surface area contributed by atoms with Gasteiger partial charge >= 0.3 is 0 Å². The van der Waals surface area contributed by atoms with Crippen molar-refractivity contribution in [1.82, 2.24) is 4.90 Å². The van der Waals surface area contributed by atoms with Crippen molar-refractivity contribution in [3.8, 4) is 0 Å². The second-order valence-electron chi connectivity index (χ2n) is 9.76. The van der Waals surface area contributed by atoms with Gasteiger partial charge in [0, 0.05) is 25.6 Å². The molecule has 0 spiro atoms. The van der Waals surface area contributed by atoms with Crippen molar-refractivity contribution in [1.29, 1.82) is 0 Å². The van der Waals surface area contributed by atoms with Gasteiger partial charge in [0.1, 0.15) is 0 Å². The standard InChI is InChI=1S/C20H34N2O/c1-12-11-16-20(3,10-8-17(23)22(16)4)14-7-9-19(2)13(18(12)14)5-6-15(19)21/h12-16,18H,5-11,21H2,1-4H3. The van der Waals surface area contributed by atoms with E-state index in [1.165, 1.54) is 32.1 Å². The lowest BCUT2D eigenvalue weighted by Gasteiger charge is -2.63. The number of fused-ring (bicyclic) bond motifs is 5. The summed E-state index contributed by atoms with van der Waals surface area (Å²) in [5.41, 5.74) is 7.24. The maximum absolute atomic E-state index is 12.2. The van der Waals surface area contributed by atoms with Crippen LogP contribution in [-0.2, 0) is 4.79 Å². The third kappa shape index (κ3) is 1.95. The van der Waals surface area contributed by atoms with E-state index < -0.39 is 0 Å². The summed E-state index contributed by atoms with van der Waals surface area (Å²) in [7, 11) is 2.05. The van der Waals surface area contributed by atoms with Crippen molar-refractivity contribution in [3.05, 3.63) is 0 Å². The molecule has 0 aromatic carbocycles. The van der Waals surface area contributed by atoms with Crippen LogP contribution in [-0.4, -0.2) is 29.9 Å². The first-order chi connectivity index (χ1) is 10.8. The van der Waals surface area contributed by atoms with Gasteiger partial charge in [-0.25, -0.2) is 0 Å². The van der Waals surface area contributed by atoms with Gasteiger partial charge in [-0.3, -0.25) is 4.79 Å². The van der Waals surface area contributed by atoms with Gasteiger partial charge in [0.05, 0.1) is 0 Å². The summed E-state index contributed by atoms with van der Waals surface area (Å²) in [6, 6.07) is 0.862. The number of piperidine rings is 1. The van der Waals surface area contributed by atoms with Crippen LogP contribution in [0.1, 0.15) is 65.7 Å². The summed E-state index contributed by atoms with van der Waals surface area (Å²) in [4.78, 5) is 14.3. The van der Waals surface area contributed by atoms with Crippen molar-refractivity contribution < 1.29 is 4.79 Å². The van der Waals surface area contributed by atoms with Crippen LogP contribution in [0.4, 0.5) is 0 Å². The summed E-state index contributed by atoms with van der Waals surface area (Å²) in [6.45, 7) is 7.44. The molecule has 0 bridgehead atoms. The Balaban J connectivity index is 1.70. The molecule has 8 unspecified atom stereocenters. The van der Waals surface area contributed by atoms with Gasteiger partial charge in [-0.05, 0) is 73.0 Å². The predicted molar refractivity (Wildman–Crippen MR) is 92.7 cm³/mol. The van der Waals surface area contributed by atoms with Gasteiger partial charge in [0.2, 0.25) is 5.91 Å². The lowest BCUT2D eigenvalue weighted by atomic mass is 9.45. The second kappa shape index (κ2) is 4.97. The number of rotatable bonds is 0. The van der Waals surface area contributed by atoms with Crippen LogP contribution >= 0.6 is 0 Å². The Kier molecular flexibility index (Phi) is 3.44. The first kappa shape index (κ1) is 15.9. The molecule has 8 atom stereocenters. The fourth-order valence-electron chi connectivity index (χ4n) is 7.50. The van der Waals surface area contributed by atoms with Crippen molar-refractivity contribution in [2.45, 2.75) is 77.8 Å². The van der Waals surface area contributed by atoms with E-state index in [9.17, 15) is 4.79 Å². The molecule has 1 aliphatic heterocycles. The Hall–Kier alpha value is -0.570. The zero-order valence-electron chi connectivity index (χ0n) is 15.3. The zero-order valence-corrected chi connectivity index (χ0v) is 15.3. The van der Waals surface area contributed by atoms with Crippen LogP contribution < -0.4 is 5.73 Å². The summed E-state index contributed by atoms with van der Waals surface area (Å²) in [5, 5.41) is 0. The average molecular weight is 319 g/mol. The predicted octanol–water partition coefficient (Wildman–Crippen LogP) is 3.42. The molecule has 4 rings (SSSR count). The molecule has 4 fully saturated rings. The van der Waals surface area contributed by atoms with Crippen LogP contribution in [0.3, 0.4) is 0 Å². The van der Waals surface area contributed by atoms with E-state index in [-0.39, 0.29) is 0 Å². The first-order valence-electron chi connectivity index (χ1n) is 9.80. The van der Waals surface area contributed by atoms with E-state index in [2.05, 4.69) is 32.7 Å². The van der Waals surface area contributed by atoms with Crippen LogP contribution in [0.5, 0.6) is 0 Å². The van der Waals surface area contributed by atoms with E-state index in [4.69, 9.17) is 5.73 Å². The maximum atomic E-state index is 12.2. The molecule has 23 heavy (non-hydrogen) atoms. The molecular weight excluding hydrogens is 284 g/mol. The Morgan fingerprint density at radius 2 is 1.78 bits per heavy atom. The van der Waals surface area contributed by atoms with E-state index in [1.807, 2.05) is 0 Å². The minimum Gasteiger partial charge on any atom is -0.342 e. The molecule has 130 valence electrons. The summed E-state index contributed by atoms with van der Waals surface area (Å²) >= 11 is 0. The highest BCUT2D eigenvalue weighted by molar-refractivity contribution is 5.77. The third-order valence-electron chi connectivity index (χ3n) is 9.00. The molecule has 0 aromatic heterocycles. The van der Waals surface area contributed by atoms with Crippen LogP contribution in [0.2, 0.25) is 0 Å². The van der Waals surface area contributed by atoms with E-state index >= 15 is 0 Å². The number of nitrogens with zero attached hydrogens (tertiary/aromatic N) is 1. The molecule has 1 saturated heterocycles. The Bertz CT molecular complexity index is 520. The zero-order chi connectivity index (χ0) is 16.6. The third-order valence-corrected chi connectivity index (χ3v) is 9.00. The fourth-order valence-corrected chi connectivity index (χ4v) is 7.50. The topological polar surface area (TPSA) is 46.3 Å². The van der Waals surface area contributed by atoms with Gasteiger partial charge in [-0.2, -0.15) is 0 Å². The van der Waals surface area contributed by atoms with Crippen LogP contribution in [0, 0.1) is 34.5 Å². The van der Waals surface area contributed by atoms with Crippen LogP contribution in [0.25, 0.3) is 0 Å². The lowest BCUT2D eigenvalue weighted by molar-refractivity contribution is -0.165. The van der Waals surface area contributed by atoms with Gasteiger partial charge < -0.3 is 10.6 Å². The van der Waals surface area contributed by atoms with E-state index in [0.29, 0.717) is 28.8 Å². The number of carbonyl (C=O) groups excluding carboxylic acids is 1. The Morgan fingerprint density at radius 1 is 1.09 bits per heavy atom. The number of nitrogens with two attached hydrogens (primary N) is 1. The molecule has 1 heterocycles. The van der Waals surface area contributed by atoms with Gasteiger partial charge in [0.15, 0.2) is 0 Å². The van der Waals surface area contributed by atoms with Crippen molar-refractivity contribution in [2.75, 3.05) is 7.05 Å². The van der Waals surface area contributed by atoms with Crippen molar-refractivity contribution in [3.63, 3.8) is 0 Å². The quantitative estimate of drug-likeness (QED) is 0.744. The molecule has 3 nitrogen and oxygen atoms in total. The lowest BCUT2D eigenvalue weighted by Crippen LogP contribution is -2.63. The molecule has 0 radical (unpaired) electrons. The molecule has 3 heteroatoms. The number of amides is 1. The Morgan fingerprint density at radius 3 is 2.52 bits per heavy atom. The number of likely N-dealkylation sites (tertiary alicyclic amines) is 1.